The molecule has 3 heterocycles. The zero-order chi connectivity index (χ0) is 14.8. The maximum Gasteiger partial charge on any atom is 0.165 e. The minimum atomic E-state index is -3.09. The maximum absolute atomic E-state index is 11.9. The maximum atomic E-state index is 11.9. The first-order chi connectivity index (χ1) is 9.12. The fraction of sp³-hybridized carbons (Fsp3) is 0.900. The fourth-order valence-corrected chi connectivity index (χ4v) is 12.0. The van der Waals surface area contributed by atoms with Gasteiger partial charge in [-0.05, 0) is 13.3 Å². The Morgan fingerprint density at radius 2 is 2.00 bits per heavy atom. The molecule has 5 nitrogen and oxygen atoms in total. The lowest BCUT2D eigenvalue weighted by molar-refractivity contribution is 0.598. The third-order valence-electron chi connectivity index (χ3n) is 3.84. The van der Waals surface area contributed by atoms with E-state index in [-0.39, 0.29) is 28.6 Å². The summed E-state index contributed by atoms with van der Waals surface area (Å²) >= 11 is 6.26. The average Bonchev–Trinajstić information content (AvgIpc) is 2.84. The van der Waals surface area contributed by atoms with Gasteiger partial charge in [0.1, 0.15) is 8.53 Å². The second-order valence-corrected chi connectivity index (χ2v) is 14.3. The van der Waals surface area contributed by atoms with Crippen molar-refractivity contribution in [1.82, 2.24) is 0 Å². The highest BCUT2D eigenvalue weighted by atomic mass is 79.9. The van der Waals surface area contributed by atoms with Crippen molar-refractivity contribution in [3.05, 3.63) is 0 Å². The van der Waals surface area contributed by atoms with Crippen LogP contribution in [0.4, 0.5) is 0 Å². The van der Waals surface area contributed by atoms with Gasteiger partial charge in [0, 0.05) is 5.25 Å². The van der Waals surface area contributed by atoms with Crippen molar-refractivity contribution in [3.63, 3.8) is 0 Å². The Hall–Kier alpha value is 0.750. The smallest absolute Gasteiger partial charge is 0.165 e. The van der Waals surface area contributed by atoms with Crippen molar-refractivity contribution in [2.45, 2.75) is 33.5 Å². The molecule has 0 saturated carbocycles. The summed E-state index contributed by atoms with van der Waals surface area (Å²) in [5.41, 5.74) is 0. The summed E-state index contributed by atoms with van der Waals surface area (Å²) in [4.78, 5) is 4.53. The summed E-state index contributed by atoms with van der Waals surface area (Å²) in [7, 11) is -6.02. The van der Waals surface area contributed by atoms with Gasteiger partial charge in [0.2, 0.25) is 0 Å². The van der Waals surface area contributed by atoms with Crippen molar-refractivity contribution in [1.29, 1.82) is 0 Å². The van der Waals surface area contributed by atoms with Crippen molar-refractivity contribution in [2.24, 2.45) is 4.99 Å². The van der Waals surface area contributed by atoms with E-state index in [1.165, 1.54) is 23.5 Å². The van der Waals surface area contributed by atoms with Gasteiger partial charge in [-0.2, -0.15) is 0 Å². The molecule has 0 aromatic rings. The molecule has 2 unspecified atom stereocenters. The molecule has 4 atom stereocenters. The van der Waals surface area contributed by atoms with Crippen LogP contribution in [-0.4, -0.2) is 58.7 Å². The number of nitrogens with zero attached hydrogens (tertiary/aromatic N) is 1. The number of sulfone groups is 2. The number of fused-ring (bicyclic) bond motifs is 1. The van der Waals surface area contributed by atoms with Gasteiger partial charge in [-0.15, -0.1) is 0 Å². The van der Waals surface area contributed by atoms with Crippen LogP contribution in [0.1, 0.15) is 13.3 Å². The van der Waals surface area contributed by atoms with Crippen molar-refractivity contribution < 1.29 is 16.8 Å². The van der Waals surface area contributed by atoms with Gasteiger partial charge < -0.3 is 0 Å². The molecular formula is C10H14BrNO4S4. The van der Waals surface area contributed by atoms with Gasteiger partial charge in [-0.3, -0.25) is 4.99 Å². The van der Waals surface area contributed by atoms with Gasteiger partial charge in [-0.25, -0.2) is 16.8 Å². The van der Waals surface area contributed by atoms with E-state index < -0.39 is 28.6 Å². The summed E-state index contributed by atoms with van der Waals surface area (Å²) in [5, 5.41) is -0.0152. The van der Waals surface area contributed by atoms with E-state index in [1.807, 2.05) is 6.92 Å². The van der Waals surface area contributed by atoms with Crippen LogP contribution in [0.5, 0.6) is 0 Å². The Kier molecular flexibility index (Phi) is 3.81. The highest BCUT2D eigenvalue weighted by Gasteiger charge is 2.60. The molecule has 0 bridgehead atoms. The number of rotatable bonds is 1. The Morgan fingerprint density at radius 3 is 2.55 bits per heavy atom. The van der Waals surface area contributed by atoms with E-state index in [9.17, 15) is 16.8 Å². The molecule has 0 aliphatic carbocycles. The third-order valence-corrected chi connectivity index (χ3v) is 14.0. The quantitative estimate of drug-likeness (QED) is 0.595. The first kappa shape index (κ1) is 15.6. The first-order valence-corrected chi connectivity index (χ1v) is 12.3. The largest absolute Gasteiger partial charge is 0.267 e. The van der Waals surface area contributed by atoms with E-state index in [0.717, 1.165) is 4.38 Å². The fourth-order valence-electron chi connectivity index (χ4n) is 2.64. The molecule has 0 aromatic carbocycles. The van der Waals surface area contributed by atoms with Gasteiger partial charge >= 0.3 is 0 Å². The van der Waals surface area contributed by atoms with Gasteiger partial charge in [0.05, 0.1) is 28.0 Å². The van der Waals surface area contributed by atoms with Crippen molar-refractivity contribution in [3.8, 4) is 0 Å². The molecule has 3 rings (SSSR count). The number of halogens is 1. The van der Waals surface area contributed by atoms with E-state index in [0.29, 0.717) is 6.42 Å². The van der Waals surface area contributed by atoms with Crippen LogP contribution in [0.3, 0.4) is 0 Å². The van der Waals surface area contributed by atoms with Crippen LogP contribution in [-0.2, 0) is 19.7 Å². The number of thioether (sulfide) groups is 2. The van der Waals surface area contributed by atoms with Crippen molar-refractivity contribution in [2.75, 3.05) is 17.3 Å². The molecule has 0 aromatic heterocycles. The van der Waals surface area contributed by atoms with E-state index in [4.69, 9.17) is 0 Å². The minimum absolute atomic E-state index is 0.0152. The highest BCUT2D eigenvalue weighted by Crippen LogP contribution is 2.57. The van der Waals surface area contributed by atoms with E-state index in [2.05, 4.69) is 20.9 Å². The zero-order valence-corrected chi connectivity index (χ0v) is 15.5. The van der Waals surface area contributed by atoms with Crippen LogP contribution >= 0.6 is 39.5 Å². The normalized spacial score (nSPS) is 47.7. The summed E-state index contributed by atoms with van der Waals surface area (Å²) in [6.07, 6.45) is 0.574. The highest BCUT2D eigenvalue weighted by molar-refractivity contribution is 9.11. The molecule has 0 amide bonds. The predicted molar refractivity (Wildman–Crippen MR) is 88.4 cm³/mol. The molecule has 3 aliphatic heterocycles. The second kappa shape index (κ2) is 4.87. The number of aliphatic imine (C=N–C) groups is 1. The van der Waals surface area contributed by atoms with Gasteiger partial charge in [0.25, 0.3) is 0 Å². The van der Waals surface area contributed by atoms with Crippen LogP contribution in [0.15, 0.2) is 4.99 Å². The Morgan fingerprint density at radius 1 is 1.30 bits per heavy atom. The number of hydrogen-bond donors (Lipinski definition) is 0. The molecule has 0 radical (unpaired) electrons. The summed E-state index contributed by atoms with van der Waals surface area (Å²) in [6.45, 7) is 1.94. The number of hydrogen-bond acceptors (Lipinski definition) is 7. The molecule has 3 saturated heterocycles. The van der Waals surface area contributed by atoms with Crippen LogP contribution in [0.2, 0.25) is 0 Å². The summed E-state index contributed by atoms with van der Waals surface area (Å²) in [6, 6.07) is -0.164. The monoisotopic (exact) mass is 419 g/mol. The second-order valence-electron chi connectivity index (χ2n) is 5.49. The topological polar surface area (TPSA) is 80.6 Å². The van der Waals surface area contributed by atoms with Crippen LogP contribution < -0.4 is 0 Å². The Labute approximate surface area is 135 Å². The Balaban J connectivity index is 1.79. The predicted octanol–water partition coefficient (Wildman–Crippen LogP) is 1.29. The standard InChI is InChI=1S/C10H14BrNO4S4/c1-10-7(5-20(15,16)8(10)11)17-9(18-10)12-6-2-3-19(13,14)4-6/h6-8H,2-5H2,1H3/t6?,7-,8?,10-/m0/s1. The van der Waals surface area contributed by atoms with E-state index in [1.54, 1.807) is 0 Å². The summed E-state index contributed by atoms with van der Waals surface area (Å²) < 4.78 is 46.6. The lowest BCUT2D eigenvalue weighted by Crippen LogP contribution is -2.33. The van der Waals surface area contributed by atoms with Crippen molar-refractivity contribution >= 4 is 63.5 Å². The molecule has 10 heteroatoms. The van der Waals surface area contributed by atoms with E-state index >= 15 is 0 Å². The SMILES string of the molecule is C[C@]12SC(=NC3CCS(=O)(=O)C3)S[C@H]1CS(=O)(=O)C2Br. The van der Waals surface area contributed by atoms with Crippen LogP contribution in [0, 0.1) is 0 Å². The first-order valence-electron chi connectivity index (χ1n) is 6.12. The molecular weight excluding hydrogens is 406 g/mol. The molecule has 0 spiro atoms. The zero-order valence-electron chi connectivity index (χ0n) is 10.7. The van der Waals surface area contributed by atoms with Gasteiger partial charge in [-0.1, -0.05) is 39.5 Å². The lowest BCUT2D eigenvalue weighted by Gasteiger charge is -2.22. The molecule has 20 heavy (non-hydrogen) atoms. The third kappa shape index (κ3) is 2.59. The number of alkyl halides is 1. The summed E-state index contributed by atoms with van der Waals surface area (Å²) in [5.74, 6) is 0.480. The molecule has 3 aliphatic rings. The molecule has 3 fully saturated rings. The lowest BCUT2D eigenvalue weighted by atomic mass is 10.1. The average molecular weight is 420 g/mol. The van der Waals surface area contributed by atoms with Crippen LogP contribution in [0.25, 0.3) is 0 Å². The minimum Gasteiger partial charge on any atom is -0.267 e. The molecule has 0 N–H and O–H groups in total. The molecule has 114 valence electrons. The Bertz CT molecular complexity index is 673. The van der Waals surface area contributed by atoms with Gasteiger partial charge in [0.15, 0.2) is 19.7 Å².